The molecule has 0 aliphatic heterocycles. The van der Waals surface area contributed by atoms with Crippen LogP contribution >= 0.6 is 0 Å². The van der Waals surface area contributed by atoms with Gasteiger partial charge in [0.2, 0.25) is 0 Å². The summed E-state index contributed by atoms with van der Waals surface area (Å²) < 4.78 is 47.3. The molecule has 0 bridgehead atoms. The number of esters is 1. The highest BCUT2D eigenvalue weighted by Crippen LogP contribution is 2.28. The second kappa shape index (κ2) is 6.69. The third-order valence-corrected chi connectivity index (χ3v) is 2.76. The van der Waals surface area contributed by atoms with Crippen molar-refractivity contribution in [1.29, 1.82) is 0 Å². The average molecular weight is 291 g/mol. The van der Waals surface area contributed by atoms with Gasteiger partial charge in [-0.25, -0.2) is 9.78 Å². The number of aromatic nitrogens is 1. The molecule has 0 radical (unpaired) electrons. The Hall–Kier alpha value is -1.63. The van der Waals surface area contributed by atoms with Crippen molar-refractivity contribution in [3.8, 4) is 0 Å². The zero-order valence-electron chi connectivity index (χ0n) is 11.5. The van der Waals surface area contributed by atoms with Crippen molar-refractivity contribution < 1.29 is 27.4 Å². The largest absolute Gasteiger partial charge is 0.462 e. The highest BCUT2D eigenvalue weighted by molar-refractivity contribution is 5.90. The summed E-state index contributed by atoms with van der Waals surface area (Å²) in [6, 6.07) is 1.84. The van der Waals surface area contributed by atoms with Gasteiger partial charge < -0.3 is 9.47 Å². The predicted molar refractivity (Wildman–Crippen MR) is 65.3 cm³/mol. The van der Waals surface area contributed by atoms with Crippen LogP contribution in [0.4, 0.5) is 13.2 Å². The number of halogens is 3. The maximum atomic E-state index is 12.4. The van der Waals surface area contributed by atoms with Crippen molar-refractivity contribution in [2.45, 2.75) is 32.5 Å². The molecule has 1 aromatic heterocycles. The van der Waals surface area contributed by atoms with Gasteiger partial charge in [0, 0.05) is 13.5 Å². The van der Waals surface area contributed by atoms with E-state index < -0.39 is 17.8 Å². The van der Waals surface area contributed by atoms with Crippen LogP contribution in [0, 0.1) is 6.92 Å². The van der Waals surface area contributed by atoms with Crippen LogP contribution in [0.3, 0.4) is 0 Å². The van der Waals surface area contributed by atoms with Crippen molar-refractivity contribution in [3.63, 3.8) is 0 Å². The van der Waals surface area contributed by atoms with Gasteiger partial charge in [-0.1, -0.05) is 0 Å². The van der Waals surface area contributed by atoms with Gasteiger partial charge in [0.15, 0.2) is 0 Å². The number of carbonyl (C=O) groups excluding carboxylic acids is 1. The van der Waals surface area contributed by atoms with Crippen molar-refractivity contribution in [2.24, 2.45) is 0 Å². The van der Waals surface area contributed by atoms with E-state index in [0.29, 0.717) is 6.42 Å². The van der Waals surface area contributed by atoms with E-state index in [1.54, 1.807) is 0 Å². The first-order chi connectivity index (χ1) is 9.25. The molecule has 20 heavy (non-hydrogen) atoms. The summed E-state index contributed by atoms with van der Waals surface area (Å²) in [5.74, 6) is -0.688. The topological polar surface area (TPSA) is 48.4 Å². The second-order valence-electron chi connectivity index (χ2n) is 4.30. The third kappa shape index (κ3) is 4.48. The van der Waals surface area contributed by atoms with Gasteiger partial charge in [0.1, 0.15) is 5.69 Å². The summed E-state index contributed by atoms with van der Waals surface area (Å²) in [4.78, 5) is 15.1. The summed E-state index contributed by atoms with van der Waals surface area (Å²) in [6.45, 7) is 3.29. The molecule has 0 saturated heterocycles. The minimum Gasteiger partial charge on any atom is -0.462 e. The molecule has 0 fully saturated rings. The summed E-state index contributed by atoms with van der Waals surface area (Å²) in [5.41, 5.74) is -1.01. The SMILES string of the molecule is CO[C@@H](C)CCOC(=O)c1ccc(C(F)(F)F)nc1C. The fraction of sp³-hybridized carbons (Fsp3) is 0.538. The molecule has 1 heterocycles. The molecule has 112 valence electrons. The van der Waals surface area contributed by atoms with Crippen LogP contribution in [0.1, 0.15) is 35.1 Å². The Morgan fingerprint density at radius 3 is 2.55 bits per heavy atom. The number of pyridine rings is 1. The monoisotopic (exact) mass is 291 g/mol. The maximum absolute atomic E-state index is 12.4. The molecular formula is C13H16F3NO3. The summed E-state index contributed by atoms with van der Waals surface area (Å²) in [6.07, 6.45) is -4.08. The first kappa shape index (κ1) is 16.4. The number of hydrogen-bond donors (Lipinski definition) is 0. The second-order valence-corrected chi connectivity index (χ2v) is 4.30. The van der Waals surface area contributed by atoms with Crippen LogP contribution in [-0.2, 0) is 15.7 Å². The number of alkyl halides is 3. The van der Waals surface area contributed by atoms with Gasteiger partial charge in [-0.3, -0.25) is 0 Å². The number of ether oxygens (including phenoxy) is 2. The zero-order chi connectivity index (χ0) is 15.3. The van der Waals surface area contributed by atoms with Gasteiger partial charge in [0.25, 0.3) is 0 Å². The van der Waals surface area contributed by atoms with Crippen LogP contribution in [0.15, 0.2) is 12.1 Å². The van der Waals surface area contributed by atoms with Crippen molar-refractivity contribution in [1.82, 2.24) is 4.98 Å². The molecule has 0 saturated carbocycles. The number of carbonyl (C=O) groups is 1. The average Bonchev–Trinajstić information content (AvgIpc) is 2.37. The lowest BCUT2D eigenvalue weighted by Gasteiger charge is -2.11. The maximum Gasteiger partial charge on any atom is 0.433 e. The Morgan fingerprint density at radius 1 is 1.40 bits per heavy atom. The lowest BCUT2D eigenvalue weighted by molar-refractivity contribution is -0.141. The van der Waals surface area contributed by atoms with Gasteiger partial charge in [0.05, 0.1) is 24.0 Å². The van der Waals surface area contributed by atoms with Gasteiger partial charge in [-0.2, -0.15) is 13.2 Å². The van der Waals surface area contributed by atoms with E-state index >= 15 is 0 Å². The van der Waals surface area contributed by atoms with Crippen LogP contribution < -0.4 is 0 Å². The molecule has 1 rings (SSSR count). The molecule has 7 heteroatoms. The summed E-state index contributed by atoms with van der Waals surface area (Å²) >= 11 is 0. The van der Waals surface area contributed by atoms with Crippen LogP contribution in [-0.4, -0.2) is 30.8 Å². The first-order valence-corrected chi connectivity index (χ1v) is 6.00. The Balaban J connectivity index is 2.70. The fourth-order valence-electron chi connectivity index (χ4n) is 1.45. The summed E-state index contributed by atoms with van der Waals surface area (Å²) in [7, 11) is 1.54. The minimum atomic E-state index is -4.53. The first-order valence-electron chi connectivity index (χ1n) is 6.00. The third-order valence-electron chi connectivity index (χ3n) is 2.76. The number of aryl methyl sites for hydroxylation is 1. The van der Waals surface area contributed by atoms with Crippen molar-refractivity contribution >= 4 is 5.97 Å². The number of rotatable bonds is 5. The molecule has 0 amide bonds. The molecule has 1 aromatic rings. The molecule has 0 aliphatic rings. The van der Waals surface area contributed by atoms with Crippen molar-refractivity contribution in [3.05, 3.63) is 29.1 Å². The molecule has 0 N–H and O–H groups in total. The number of methoxy groups -OCH3 is 1. The number of hydrogen-bond acceptors (Lipinski definition) is 4. The Morgan fingerprint density at radius 2 is 2.05 bits per heavy atom. The van der Waals surface area contributed by atoms with E-state index in [1.165, 1.54) is 14.0 Å². The Labute approximate surface area is 114 Å². The normalized spacial score (nSPS) is 13.1. The van der Waals surface area contributed by atoms with E-state index in [4.69, 9.17) is 9.47 Å². The van der Waals surface area contributed by atoms with Gasteiger partial charge in [-0.15, -0.1) is 0 Å². The smallest absolute Gasteiger partial charge is 0.433 e. The lowest BCUT2D eigenvalue weighted by atomic mass is 10.2. The van der Waals surface area contributed by atoms with Crippen LogP contribution in [0.2, 0.25) is 0 Å². The van der Waals surface area contributed by atoms with Crippen LogP contribution in [0.25, 0.3) is 0 Å². The van der Waals surface area contributed by atoms with Crippen LogP contribution in [0.5, 0.6) is 0 Å². The lowest BCUT2D eigenvalue weighted by Crippen LogP contribution is -2.15. The fourth-order valence-corrected chi connectivity index (χ4v) is 1.45. The van der Waals surface area contributed by atoms with E-state index in [1.807, 2.05) is 6.92 Å². The van der Waals surface area contributed by atoms with Crippen molar-refractivity contribution in [2.75, 3.05) is 13.7 Å². The Bertz CT molecular complexity index is 474. The van der Waals surface area contributed by atoms with Gasteiger partial charge in [-0.05, 0) is 26.0 Å². The molecule has 0 aromatic carbocycles. The zero-order valence-corrected chi connectivity index (χ0v) is 11.5. The predicted octanol–water partition coefficient (Wildman–Crippen LogP) is 2.99. The molecule has 0 aliphatic carbocycles. The highest BCUT2D eigenvalue weighted by Gasteiger charge is 2.33. The molecule has 0 spiro atoms. The summed E-state index contributed by atoms with van der Waals surface area (Å²) in [5, 5.41) is 0. The molecule has 0 unspecified atom stereocenters. The standard InChI is InChI=1S/C13H16F3NO3/c1-8(19-3)6-7-20-12(18)10-4-5-11(13(14,15)16)17-9(10)2/h4-5,8H,6-7H2,1-3H3/t8-/m0/s1. The quantitative estimate of drug-likeness (QED) is 0.782. The highest BCUT2D eigenvalue weighted by atomic mass is 19.4. The molecular weight excluding hydrogens is 275 g/mol. The Kier molecular flexibility index (Phi) is 5.50. The molecule has 4 nitrogen and oxygen atoms in total. The minimum absolute atomic E-state index is 0.00962. The van der Waals surface area contributed by atoms with E-state index in [9.17, 15) is 18.0 Å². The van der Waals surface area contributed by atoms with E-state index in [2.05, 4.69) is 4.98 Å². The van der Waals surface area contributed by atoms with Gasteiger partial charge >= 0.3 is 12.1 Å². The molecule has 1 atom stereocenters. The van der Waals surface area contributed by atoms with E-state index in [0.717, 1.165) is 12.1 Å². The van der Waals surface area contributed by atoms with E-state index in [-0.39, 0.29) is 24.0 Å². The number of nitrogens with zero attached hydrogens (tertiary/aromatic N) is 1.